The Bertz CT molecular complexity index is 821. The Morgan fingerprint density at radius 3 is 2.90 bits per heavy atom. The van der Waals surface area contributed by atoms with E-state index in [4.69, 9.17) is 9.47 Å². The zero-order chi connectivity index (χ0) is 19.3. The molecule has 1 unspecified atom stereocenters. The fraction of sp³-hybridized carbons (Fsp3) is 0.524. The molecule has 0 amide bonds. The van der Waals surface area contributed by atoms with Gasteiger partial charge < -0.3 is 19.7 Å². The number of rotatable bonds is 6. The van der Waals surface area contributed by atoms with Gasteiger partial charge in [-0.05, 0) is 24.8 Å². The molecule has 2 aliphatic rings. The molecule has 1 saturated carbocycles. The third-order valence-corrected chi connectivity index (χ3v) is 5.26. The summed E-state index contributed by atoms with van der Waals surface area (Å²) < 4.78 is 13.8. The number of hydrogen-bond donors (Lipinski definition) is 1. The van der Waals surface area contributed by atoms with E-state index in [1.165, 1.54) is 12.8 Å². The normalized spacial score (nSPS) is 19.6. The van der Waals surface area contributed by atoms with E-state index in [9.17, 15) is 0 Å². The van der Waals surface area contributed by atoms with E-state index < -0.39 is 0 Å². The Kier molecular flexibility index (Phi) is 7.77. The van der Waals surface area contributed by atoms with Crippen molar-refractivity contribution in [1.29, 1.82) is 0 Å². The minimum atomic E-state index is 0. The standard InChI is InChI=1S/C21H29N5O2.HI/c1-22-21(26-9-10-27-20(14-26)18-12-24-25(2)13-18)23-11-17-5-3-4-6-19(17)28-15-16-7-8-16;/h3-6,12-13,16,20H,7-11,14-15H2,1-2H3,(H,22,23);1H. The molecule has 4 rings (SSSR count). The van der Waals surface area contributed by atoms with Gasteiger partial charge in [-0.15, -0.1) is 24.0 Å². The van der Waals surface area contributed by atoms with E-state index >= 15 is 0 Å². The van der Waals surface area contributed by atoms with E-state index in [1.54, 1.807) is 0 Å². The minimum absolute atomic E-state index is 0. The Morgan fingerprint density at radius 2 is 2.17 bits per heavy atom. The molecule has 1 N–H and O–H groups in total. The number of halogens is 1. The first-order chi connectivity index (χ1) is 13.7. The van der Waals surface area contributed by atoms with Crippen LogP contribution in [0, 0.1) is 5.92 Å². The van der Waals surface area contributed by atoms with E-state index in [0.717, 1.165) is 48.5 Å². The monoisotopic (exact) mass is 511 g/mol. The van der Waals surface area contributed by atoms with Crippen molar-refractivity contribution < 1.29 is 9.47 Å². The summed E-state index contributed by atoms with van der Waals surface area (Å²) in [4.78, 5) is 6.73. The summed E-state index contributed by atoms with van der Waals surface area (Å²) >= 11 is 0. The average Bonchev–Trinajstić information content (AvgIpc) is 3.46. The molecule has 0 radical (unpaired) electrons. The Morgan fingerprint density at radius 1 is 1.34 bits per heavy atom. The highest BCUT2D eigenvalue weighted by molar-refractivity contribution is 14.0. The molecular formula is C21H30IN5O2. The molecular weight excluding hydrogens is 481 g/mol. The fourth-order valence-electron chi connectivity index (χ4n) is 3.44. The summed E-state index contributed by atoms with van der Waals surface area (Å²) in [6.07, 6.45) is 6.48. The number of aryl methyl sites for hydroxylation is 1. The largest absolute Gasteiger partial charge is 0.493 e. The van der Waals surface area contributed by atoms with Crippen molar-refractivity contribution in [3.8, 4) is 5.75 Å². The van der Waals surface area contributed by atoms with E-state index in [0.29, 0.717) is 13.2 Å². The Labute approximate surface area is 189 Å². The summed E-state index contributed by atoms with van der Waals surface area (Å²) in [7, 11) is 3.75. The van der Waals surface area contributed by atoms with Gasteiger partial charge in [-0.2, -0.15) is 5.10 Å². The van der Waals surface area contributed by atoms with Crippen LogP contribution in [0.5, 0.6) is 5.75 Å². The summed E-state index contributed by atoms with van der Waals surface area (Å²) in [5.41, 5.74) is 2.25. The highest BCUT2D eigenvalue weighted by atomic mass is 127. The molecule has 2 fully saturated rings. The van der Waals surface area contributed by atoms with Crippen molar-refractivity contribution in [2.75, 3.05) is 33.4 Å². The number of nitrogens with zero attached hydrogens (tertiary/aromatic N) is 4. The molecule has 1 saturated heterocycles. The first-order valence-electron chi connectivity index (χ1n) is 9.99. The van der Waals surface area contributed by atoms with Gasteiger partial charge in [-0.1, -0.05) is 18.2 Å². The van der Waals surface area contributed by atoms with Gasteiger partial charge in [-0.3, -0.25) is 9.67 Å². The molecule has 1 aliphatic heterocycles. The first-order valence-corrected chi connectivity index (χ1v) is 9.99. The second kappa shape index (κ2) is 10.3. The number of aromatic nitrogens is 2. The number of benzene rings is 1. The van der Waals surface area contributed by atoms with Crippen LogP contribution in [0.3, 0.4) is 0 Å². The van der Waals surface area contributed by atoms with Crippen LogP contribution in [0.15, 0.2) is 41.7 Å². The van der Waals surface area contributed by atoms with Crippen LogP contribution in [0.1, 0.15) is 30.1 Å². The van der Waals surface area contributed by atoms with Gasteiger partial charge in [0.25, 0.3) is 0 Å². The van der Waals surface area contributed by atoms with Gasteiger partial charge in [-0.25, -0.2) is 0 Å². The number of morpholine rings is 1. The number of para-hydroxylation sites is 1. The molecule has 1 aromatic carbocycles. The van der Waals surface area contributed by atoms with Crippen LogP contribution in [0.2, 0.25) is 0 Å². The van der Waals surface area contributed by atoms with Crippen LogP contribution in [0.4, 0.5) is 0 Å². The molecule has 1 aromatic heterocycles. The average molecular weight is 511 g/mol. The Hall–Kier alpha value is -1.81. The maximum atomic E-state index is 6.03. The van der Waals surface area contributed by atoms with Crippen LogP contribution in [-0.4, -0.2) is 54.0 Å². The second-order valence-corrected chi connectivity index (χ2v) is 7.52. The lowest BCUT2D eigenvalue weighted by atomic mass is 10.1. The summed E-state index contributed by atoms with van der Waals surface area (Å²) in [5, 5.41) is 7.76. The molecule has 7 nitrogen and oxygen atoms in total. The molecule has 0 spiro atoms. The Balaban J connectivity index is 0.00000240. The van der Waals surface area contributed by atoms with Gasteiger partial charge in [0.1, 0.15) is 11.9 Å². The number of guanidine groups is 1. The third kappa shape index (κ3) is 5.85. The molecule has 1 aliphatic carbocycles. The summed E-state index contributed by atoms with van der Waals surface area (Å²) in [6.45, 7) is 3.74. The number of ether oxygens (including phenoxy) is 2. The van der Waals surface area contributed by atoms with Gasteiger partial charge in [0.2, 0.25) is 0 Å². The SMILES string of the molecule is CN=C(NCc1ccccc1OCC1CC1)N1CCOC(c2cnn(C)c2)C1.I. The minimum Gasteiger partial charge on any atom is -0.493 e. The van der Waals surface area contributed by atoms with Gasteiger partial charge in [0.05, 0.1) is 26.0 Å². The van der Waals surface area contributed by atoms with Crippen LogP contribution < -0.4 is 10.1 Å². The zero-order valence-corrected chi connectivity index (χ0v) is 19.4. The molecule has 1 atom stereocenters. The zero-order valence-electron chi connectivity index (χ0n) is 17.1. The lowest BCUT2D eigenvalue weighted by Gasteiger charge is -2.34. The lowest BCUT2D eigenvalue weighted by molar-refractivity contribution is -0.00805. The van der Waals surface area contributed by atoms with Gasteiger partial charge in [0.15, 0.2) is 5.96 Å². The number of hydrogen-bond acceptors (Lipinski definition) is 4. The molecule has 2 heterocycles. The highest BCUT2D eigenvalue weighted by Gasteiger charge is 2.25. The topological polar surface area (TPSA) is 63.9 Å². The van der Waals surface area contributed by atoms with Crippen LogP contribution in [-0.2, 0) is 18.3 Å². The quantitative estimate of drug-likeness (QED) is 0.367. The smallest absolute Gasteiger partial charge is 0.194 e. The molecule has 158 valence electrons. The van der Waals surface area contributed by atoms with E-state index in [1.807, 2.05) is 37.2 Å². The summed E-state index contributed by atoms with van der Waals surface area (Å²) in [5.74, 6) is 2.59. The number of nitrogens with one attached hydrogen (secondary N) is 1. The van der Waals surface area contributed by atoms with Crippen molar-refractivity contribution in [1.82, 2.24) is 20.0 Å². The summed E-state index contributed by atoms with van der Waals surface area (Å²) in [6, 6.07) is 8.24. The third-order valence-electron chi connectivity index (χ3n) is 5.26. The van der Waals surface area contributed by atoms with Gasteiger partial charge in [0, 0.05) is 44.5 Å². The molecule has 29 heavy (non-hydrogen) atoms. The lowest BCUT2D eigenvalue weighted by Crippen LogP contribution is -2.47. The van der Waals surface area contributed by atoms with Gasteiger partial charge >= 0.3 is 0 Å². The maximum absolute atomic E-state index is 6.03. The van der Waals surface area contributed by atoms with E-state index in [2.05, 4.69) is 38.5 Å². The van der Waals surface area contributed by atoms with Crippen molar-refractivity contribution in [3.05, 3.63) is 47.8 Å². The maximum Gasteiger partial charge on any atom is 0.194 e. The highest BCUT2D eigenvalue weighted by Crippen LogP contribution is 2.30. The van der Waals surface area contributed by atoms with Crippen molar-refractivity contribution >= 4 is 29.9 Å². The van der Waals surface area contributed by atoms with Crippen molar-refractivity contribution in [2.45, 2.75) is 25.5 Å². The van der Waals surface area contributed by atoms with Crippen molar-refractivity contribution in [3.63, 3.8) is 0 Å². The first kappa shape index (κ1) is 21.9. The van der Waals surface area contributed by atoms with Crippen LogP contribution >= 0.6 is 24.0 Å². The molecule has 8 heteroatoms. The fourth-order valence-corrected chi connectivity index (χ4v) is 3.44. The van der Waals surface area contributed by atoms with Crippen LogP contribution in [0.25, 0.3) is 0 Å². The number of aliphatic imine (C=N–C) groups is 1. The predicted octanol–water partition coefficient (Wildman–Crippen LogP) is 2.98. The predicted molar refractivity (Wildman–Crippen MR) is 124 cm³/mol. The molecule has 0 bridgehead atoms. The molecule has 2 aromatic rings. The second-order valence-electron chi connectivity index (χ2n) is 7.52. The van der Waals surface area contributed by atoms with E-state index in [-0.39, 0.29) is 30.1 Å². The van der Waals surface area contributed by atoms with Crippen molar-refractivity contribution in [2.24, 2.45) is 18.0 Å².